The van der Waals surface area contributed by atoms with Crippen LogP contribution in [0.2, 0.25) is 0 Å². The van der Waals surface area contributed by atoms with E-state index in [-0.39, 0.29) is 5.60 Å². The Morgan fingerprint density at radius 2 is 2.29 bits per heavy atom. The highest BCUT2D eigenvalue weighted by atomic mass is 16.5. The largest absolute Gasteiger partial charge is 0.494 e. The van der Waals surface area contributed by atoms with Crippen LogP contribution in [0.3, 0.4) is 0 Å². The number of ether oxygens (including phenoxy) is 2. The van der Waals surface area contributed by atoms with Crippen molar-refractivity contribution in [1.29, 1.82) is 0 Å². The summed E-state index contributed by atoms with van der Waals surface area (Å²) in [7, 11) is 2.07. The fourth-order valence-corrected chi connectivity index (χ4v) is 3.91. The fourth-order valence-electron chi connectivity index (χ4n) is 3.91. The van der Waals surface area contributed by atoms with Crippen LogP contribution in [-0.4, -0.2) is 25.9 Å². The predicted octanol–water partition coefficient (Wildman–Crippen LogP) is 3.70. The van der Waals surface area contributed by atoms with Gasteiger partial charge in [-0.15, -0.1) is 0 Å². The highest BCUT2D eigenvalue weighted by Gasteiger charge is 2.44. The van der Waals surface area contributed by atoms with Crippen molar-refractivity contribution in [2.45, 2.75) is 50.7 Å². The van der Waals surface area contributed by atoms with E-state index in [1.807, 2.05) is 13.0 Å². The normalized spacial score (nSPS) is 25.3. The fraction of sp³-hybridized carbons (Fsp3) is 0.667. The molecule has 1 spiro atoms. The Morgan fingerprint density at radius 1 is 1.43 bits per heavy atom. The van der Waals surface area contributed by atoms with Crippen LogP contribution >= 0.6 is 0 Å². The van der Waals surface area contributed by atoms with Crippen LogP contribution < -0.4 is 10.1 Å². The van der Waals surface area contributed by atoms with Gasteiger partial charge in [0.1, 0.15) is 5.75 Å². The van der Waals surface area contributed by atoms with E-state index in [1.54, 1.807) is 0 Å². The van der Waals surface area contributed by atoms with Gasteiger partial charge in [0.15, 0.2) is 0 Å². The number of hydrogen-bond donors (Lipinski definition) is 1. The van der Waals surface area contributed by atoms with Gasteiger partial charge in [0.2, 0.25) is 0 Å². The van der Waals surface area contributed by atoms with Crippen molar-refractivity contribution in [1.82, 2.24) is 5.32 Å². The molecule has 1 aromatic carbocycles. The van der Waals surface area contributed by atoms with Crippen molar-refractivity contribution in [3.8, 4) is 5.75 Å². The van der Waals surface area contributed by atoms with Gasteiger partial charge >= 0.3 is 0 Å². The molecule has 2 aliphatic rings. The molecule has 3 nitrogen and oxygen atoms in total. The standard InChI is InChI=1S/C18H27NO2/c1-3-20-16-7-4-6-14(12-16)17(19-2)15-8-11-21-18(13-15)9-5-10-18/h4,6-7,12,15,17,19H,3,5,8-11,13H2,1-2H3. The molecule has 1 aromatic rings. The molecule has 2 fully saturated rings. The summed E-state index contributed by atoms with van der Waals surface area (Å²) in [5, 5.41) is 3.53. The molecular weight excluding hydrogens is 262 g/mol. The zero-order valence-corrected chi connectivity index (χ0v) is 13.2. The third-order valence-corrected chi connectivity index (χ3v) is 5.11. The second-order valence-electron chi connectivity index (χ2n) is 6.41. The van der Waals surface area contributed by atoms with Crippen LogP contribution in [0.15, 0.2) is 24.3 Å². The van der Waals surface area contributed by atoms with Crippen LogP contribution in [0.1, 0.15) is 50.6 Å². The van der Waals surface area contributed by atoms with E-state index in [9.17, 15) is 0 Å². The summed E-state index contributed by atoms with van der Waals surface area (Å²) in [6, 6.07) is 8.94. The molecule has 3 heteroatoms. The summed E-state index contributed by atoms with van der Waals surface area (Å²) in [4.78, 5) is 0. The average molecular weight is 289 g/mol. The van der Waals surface area contributed by atoms with E-state index < -0.39 is 0 Å². The minimum Gasteiger partial charge on any atom is -0.494 e. The molecule has 0 bridgehead atoms. The molecule has 116 valence electrons. The summed E-state index contributed by atoms with van der Waals surface area (Å²) in [6.07, 6.45) is 6.16. The first-order chi connectivity index (χ1) is 10.3. The van der Waals surface area contributed by atoms with Gasteiger partial charge in [0.25, 0.3) is 0 Å². The van der Waals surface area contributed by atoms with Crippen LogP contribution in [0.4, 0.5) is 0 Å². The molecule has 1 aliphatic heterocycles. The van der Waals surface area contributed by atoms with E-state index in [2.05, 4.69) is 30.6 Å². The number of benzene rings is 1. The summed E-state index contributed by atoms with van der Waals surface area (Å²) in [6.45, 7) is 3.66. The van der Waals surface area contributed by atoms with Gasteiger partial charge < -0.3 is 14.8 Å². The minimum absolute atomic E-state index is 0.204. The van der Waals surface area contributed by atoms with Crippen molar-refractivity contribution in [2.75, 3.05) is 20.3 Å². The van der Waals surface area contributed by atoms with Crippen LogP contribution in [-0.2, 0) is 4.74 Å². The second-order valence-corrected chi connectivity index (χ2v) is 6.41. The maximum atomic E-state index is 6.07. The van der Waals surface area contributed by atoms with Crippen molar-refractivity contribution < 1.29 is 9.47 Å². The van der Waals surface area contributed by atoms with Gasteiger partial charge in [-0.05, 0) is 69.7 Å². The summed E-state index contributed by atoms with van der Waals surface area (Å²) in [5.41, 5.74) is 1.54. The van der Waals surface area contributed by atoms with Crippen LogP contribution in [0.25, 0.3) is 0 Å². The zero-order valence-electron chi connectivity index (χ0n) is 13.2. The SMILES string of the molecule is CCOc1cccc(C(NC)C2CCOC3(CCC3)C2)c1. The molecule has 0 radical (unpaired) electrons. The molecule has 1 saturated carbocycles. The van der Waals surface area contributed by atoms with E-state index in [0.717, 1.165) is 18.8 Å². The van der Waals surface area contributed by atoms with E-state index >= 15 is 0 Å². The first-order valence-corrected chi connectivity index (χ1v) is 8.30. The van der Waals surface area contributed by atoms with Gasteiger partial charge in [-0.25, -0.2) is 0 Å². The predicted molar refractivity (Wildman–Crippen MR) is 84.7 cm³/mol. The quantitative estimate of drug-likeness (QED) is 0.896. The minimum atomic E-state index is 0.204. The maximum absolute atomic E-state index is 6.07. The third kappa shape index (κ3) is 3.09. The first kappa shape index (κ1) is 14.9. The lowest BCUT2D eigenvalue weighted by Crippen LogP contribution is -2.47. The summed E-state index contributed by atoms with van der Waals surface area (Å²) < 4.78 is 11.7. The summed E-state index contributed by atoms with van der Waals surface area (Å²) in [5.74, 6) is 1.63. The molecule has 2 unspecified atom stereocenters. The van der Waals surface area contributed by atoms with Crippen LogP contribution in [0, 0.1) is 5.92 Å². The lowest BCUT2D eigenvalue weighted by molar-refractivity contribution is -0.147. The number of nitrogens with one attached hydrogen (secondary N) is 1. The average Bonchev–Trinajstić information content (AvgIpc) is 2.48. The molecule has 1 N–H and O–H groups in total. The highest BCUT2D eigenvalue weighted by Crippen LogP contribution is 2.47. The van der Waals surface area contributed by atoms with Gasteiger partial charge in [0.05, 0.1) is 12.2 Å². The van der Waals surface area contributed by atoms with Crippen molar-refractivity contribution >= 4 is 0 Å². The van der Waals surface area contributed by atoms with Crippen LogP contribution in [0.5, 0.6) is 5.75 Å². The molecule has 1 aliphatic carbocycles. The van der Waals surface area contributed by atoms with E-state index in [4.69, 9.17) is 9.47 Å². The maximum Gasteiger partial charge on any atom is 0.119 e. The Kier molecular flexibility index (Phi) is 4.51. The lowest BCUT2D eigenvalue weighted by Gasteiger charge is -2.48. The van der Waals surface area contributed by atoms with Crippen molar-refractivity contribution in [3.05, 3.63) is 29.8 Å². The molecule has 2 atom stereocenters. The van der Waals surface area contributed by atoms with E-state index in [0.29, 0.717) is 18.6 Å². The molecular formula is C18H27NO2. The topological polar surface area (TPSA) is 30.5 Å². The molecule has 21 heavy (non-hydrogen) atoms. The van der Waals surface area contributed by atoms with Crippen molar-refractivity contribution in [3.63, 3.8) is 0 Å². The number of hydrogen-bond acceptors (Lipinski definition) is 3. The number of rotatable bonds is 5. The molecule has 3 rings (SSSR count). The third-order valence-electron chi connectivity index (χ3n) is 5.11. The van der Waals surface area contributed by atoms with Gasteiger partial charge in [-0.1, -0.05) is 12.1 Å². The smallest absolute Gasteiger partial charge is 0.119 e. The second kappa shape index (κ2) is 6.37. The highest BCUT2D eigenvalue weighted by molar-refractivity contribution is 5.31. The Morgan fingerprint density at radius 3 is 2.95 bits per heavy atom. The summed E-state index contributed by atoms with van der Waals surface area (Å²) >= 11 is 0. The Balaban J connectivity index is 1.76. The van der Waals surface area contributed by atoms with Gasteiger partial charge in [-0.3, -0.25) is 0 Å². The first-order valence-electron chi connectivity index (χ1n) is 8.30. The molecule has 0 amide bonds. The van der Waals surface area contributed by atoms with Gasteiger partial charge in [-0.2, -0.15) is 0 Å². The Bertz CT molecular complexity index is 470. The van der Waals surface area contributed by atoms with E-state index in [1.165, 1.54) is 31.2 Å². The lowest BCUT2D eigenvalue weighted by atomic mass is 9.69. The molecule has 0 aromatic heterocycles. The zero-order chi connectivity index (χ0) is 14.7. The molecule has 1 heterocycles. The van der Waals surface area contributed by atoms with Gasteiger partial charge in [0, 0.05) is 12.6 Å². The Hall–Kier alpha value is -1.06. The monoisotopic (exact) mass is 289 g/mol. The van der Waals surface area contributed by atoms with Crippen molar-refractivity contribution in [2.24, 2.45) is 5.92 Å². The molecule has 1 saturated heterocycles. The Labute approximate surface area is 128 Å².